The number of ether oxygens (including phenoxy) is 1. The summed E-state index contributed by atoms with van der Waals surface area (Å²) in [6, 6.07) is 5.81. The summed E-state index contributed by atoms with van der Waals surface area (Å²) in [5.41, 5.74) is 0. The molecule has 0 saturated heterocycles. The largest absolute Gasteiger partial charge is 0.371 e. The quantitative estimate of drug-likeness (QED) is 0.755. The van der Waals surface area contributed by atoms with Gasteiger partial charge in [0.05, 0.1) is 10.3 Å². The molecule has 6 heteroatoms. The van der Waals surface area contributed by atoms with E-state index in [1.807, 2.05) is 39.0 Å². The molecule has 0 amide bonds. The van der Waals surface area contributed by atoms with Crippen LogP contribution in [0.2, 0.25) is 0 Å². The molecule has 0 aliphatic rings. The predicted molar refractivity (Wildman–Crippen MR) is 72.8 cm³/mol. The minimum absolute atomic E-state index is 0.0602. The van der Waals surface area contributed by atoms with Crippen LogP contribution in [0.3, 0.4) is 0 Å². The molecule has 2 atom stereocenters. The summed E-state index contributed by atoms with van der Waals surface area (Å²) in [5.74, 6) is 1.18. The van der Waals surface area contributed by atoms with Crippen LogP contribution >= 0.6 is 11.8 Å². The molecule has 102 valence electrons. The molecule has 0 aromatic carbocycles. The maximum Gasteiger partial charge on any atom is 0.240 e. The normalized spacial score (nSPS) is 14.3. The van der Waals surface area contributed by atoms with Crippen LogP contribution in [0, 0.1) is 0 Å². The SMILES string of the molecule is CCO[C@@H](C)c1noc([C@H](C)Sc2ccccn2)n1. The van der Waals surface area contributed by atoms with Crippen molar-refractivity contribution in [3.05, 3.63) is 36.1 Å². The van der Waals surface area contributed by atoms with Gasteiger partial charge >= 0.3 is 0 Å². The summed E-state index contributed by atoms with van der Waals surface area (Å²) in [4.78, 5) is 8.64. The first-order valence-electron chi connectivity index (χ1n) is 6.23. The Labute approximate surface area is 116 Å². The van der Waals surface area contributed by atoms with Gasteiger partial charge in [-0.1, -0.05) is 23.0 Å². The fourth-order valence-corrected chi connectivity index (χ4v) is 2.39. The van der Waals surface area contributed by atoms with Crippen molar-refractivity contribution in [3.63, 3.8) is 0 Å². The molecular weight excluding hydrogens is 262 g/mol. The lowest BCUT2D eigenvalue weighted by Crippen LogP contribution is -2.01. The van der Waals surface area contributed by atoms with Crippen molar-refractivity contribution in [2.24, 2.45) is 0 Å². The summed E-state index contributed by atoms with van der Waals surface area (Å²) >= 11 is 1.59. The third-order valence-corrected chi connectivity index (χ3v) is 3.56. The molecule has 0 radical (unpaired) electrons. The fourth-order valence-electron chi connectivity index (χ4n) is 1.55. The van der Waals surface area contributed by atoms with Crippen molar-refractivity contribution >= 4 is 11.8 Å². The van der Waals surface area contributed by atoms with E-state index < -0.39 is 0 Å². The zero-order valence-corrected chi connectivity index (χ0v) is 12.1. The van der Waals surface area contributed by atoms with Crippen LogP contribution in [0.5, 0.6) is 0 Å². The molecule has 0 bridgehead atoms. The van der Waals surface area contributed by atoms with E-state index >= 15 is 0 Å². The molecule has 0 N–H and O–H groups in total. The Morgan fingerprint density at radius 1 is 1.37 bits per heavy atom. The molecule has 0 aliphatic heterocycles. The molecule has 0 fully saturated rings. The zero-order chi connectivity index (χ0) is 13.7. The summed E-state index contributed by atoms with van der Waals surface area (Å²) in [7, 11) is 0. The number of pyridine rings is 1. The molecule has 0 aliphatic carbocycles. The Kier molecular flexibility index (Phi) is 4.93. The summed E-state index contributed by atoms with van der Waals surface area (Å²) < 4.78 is 10.7. The molecule has 2 aromatic rings. The van der Waals surface area contributed by atoms with E-state index in [1.165, 1.54) is 0 Å². The maximum absolute atomic E-state index is 5.44. The minimum Gasteiger partial charge on any atom is -0.371 e. The van der Waals surface area contributed by atoms with E-state index in [0.29, 0.717) is 18.3 Å². The Balaban J connectivity index is 2.02. The summed E-state index contributed by atoms with van der Waals surface area (Å²) in [5, 5.41) is 4.95. The summed E-state index contributed by atoms with van der Waals surface area (Å²) in [6.45, 7) is 6.50. The highest BCUT2D eigenvalue weighted by Gasteiger charge is 2.19. The van der Waals surface area contributed by atoms with E-state index in [2.05, 4.69) is 15.1 Å². The number of hydrogen-bond acceptors (Lipinski definition) is 6. The van der Waals surface area contributed by atoms with Crippen molar-refractivity contribution in [1.29, 1.82) is 0 Å². The zero-order valence-electron chi connectivity index (χ0n) is 11.2. The van der Waals surface area contributed by atoms with Gasteiger partial charge in [0.15, 0.2) is 5.82 Å². The monoisotopic (exact) mass is 279 g/mol. The molecule has 2 heterocycles. The van der Waals surface area contributed by atoms with Gasteiger partial charge in [0.1, 0.15) is 6.10 Å². The van der Waals surface area contributed by atoms with Crippen molar-refractivity contribution < 1.29 is 9.26 Å². The molecule has 5 nitrogen and oxygen atoms in total. The lowest BCUT2D eigenvalue weighted by atomic mass is 10.4. The molecular formula is C13H17N3O2S. The lowest BCUT2D eigenvalue weighted by Gasteiger charge is -2.06. The Morgan fingerprint density at radius 3 is 2.89 bits per heavy atom. The van der Waals surface area contributed by atoms with Gasteiger partial charge in [-0.25, -0.2) is 4.98 Å². The highest BCUT2D eigenvalue weighted by Crippen LogP contribution is 2.32. The maximum atomic E-state index is 5.44. The number of hydrogen-bond donors (Lipinski definition) is 0. The second-order valence-corrected chi connectivity index (χ2v) is 5.38. The van der Waals surface area contributed by atoms with Gasteiger partial charge in [-0.3, -0.25) is 0 Å². The van der Waals surface area contributed by atoms with Gasteiger partial charge in [-0.15, -0.1) is 0 Å². The highest BCUT2D eigenvalue weighted by atomic mass is 32.2. The van der Waals surface area contributed by atoms with E-state index in [0.717, 1.165) is 5.03 Å². The van der Waals surface area contributed by atoms with E-state index in [9.17, 15) is 0 Å². The van der Waals surface area contributed by atoms with Gasteiger partial charge in [0, 0.05) is 12.8 Å². The predicted octanol–water partition coefficient (Wildman–Crippen LogP) is 3.42. The van der Waals surface area contributed by atoms with Crippen molar-refractivity contribution in [3.8, 4) is 0 Å². The van der Waals surface area contributed by atoms with Crippen LogP contribution in [0.1, 0.15) is 43.8 Å². The van der Waals surface area contributed by atoms with Crippen molar-refractivity contribution in [2.75, 3.05) is 6.61 Å². The van der Waals surface area contributed by atoms with Gasteiger partial charge in [-0.05, 0) is 32.9 Å². The molecule has 2 aromatic heterocycles. The number of aromatic nitrogens is 3. The third kappa shape index (κ3) is 3.78. The Hall–Kier alpha value is -1.40. The molecule has 0 spiro atoms. The third-order valence-electron chi connectivity index (χ3n) is 2.52. The molecule has 0 saturated carbocycles. The number of thioether (sulfide) groups is 1. The lowest BCUT2D eigenvalue weighted by molar-refractivity contribution is 0.0683. The minimum atomic E-state index is -0.144. The van der Waals surface area contributed by atoms with Crippen LogP contribution in [-0.4, -0.2) is 21.7 Å². The van der Waals surface area contributed by atoms with Crippen LogP contribution in [0.4, 0.5) is 0 Å². The van der Waals surface area contributed by atoms with Crippen LogP contribution < -0.4 is 0 Å². The smallest absolute Gasteiger partial charge is 0.240 e. The van der Waals surface area contributed by atoms with Crippen molar-refractivity contribution in [2.45, 2.75) is 37.2 Å². The van der Waals surface area contributed by atoms with Crippen LogP contribution in [0.25, 0.3) is 0 Å². The van der Waals surface area contributed by atoms with Crippen LogP contribution in [0.15, 0.2) is 33.9 Å². The standard InChI is InChI=1S/C13H17N3O2S/c1-4-17-9(2)12-15-13(18-16-12)10(3)19-11-7-5-6-8-14-11/h5-10H,4H2,1-3H3/t9-,10-/m0/s1. The van der Waals surface area contributed by atoms with E-state index in [4.69, 9.17) is 9.26 Å². The molecule has 0 unspecified atom stereocenters. The number of rotatable bonds is 6. The average Bonchev–Trinajstić information content (AvgIpc) is 2.90. The van der Waals surface area contributed by atoms with Crippen molar-refractivity contribution in [1.82, 2.24) is 15.1 Å². The molecule has 19 heavy (non-hydrogen) atoms. The Morgan fingerprint density at radius 2 is 2.21 bits per heavy atom. The van der Waals surface area contributed by atoms with E-state index in [1.54, 1.807) is 18.0 Å². The second kappa shape index (κ2) is 6.68. The first-order chi connectivity index (χ1) is 9.20. The number of nitrogens with zero attached hydrogens (tertiary/aromatic N) is 3. The second-order valence-electron chi connectivity index (χ2n) is 4.02. The first kappa shape index (κ1) is 14.0. The van der Waals surface area contributed by atoms with Gasteiger partial charge in [-0.2, -0.15) is 4.98 Å². The Bertz CT molecular complexity index is 504. The van der Waals surface area contributed by atoms with E-state index in [-0.39, 0.29) is 11.4 Å². The first-order valence-corrected chi connectivity index (χ1v) is 7.11. The highest BCUT2D eigenvalue weighted by molar-refractivity contribution is 7.99. The van der Waals surface area contributed by atoms with Gasteiger partial charge in [0.2, 0.25) is 5.89 Å². The summed E-state index contributed by atoms with van der Waals surface area (Å²) in [6.07, 6.45) is 1.63. The van der Waals surface area contributed by atoms with Crippen LogP contribution in [-0.2, 0) is 4.74 Å². The fraction of sp³-hybridized carbons (Fsp3) is 0.462. The average molecular weight is 279 g/mol. The topological polar surface area (TPSA) is 61.0 Å². The van der Waals surface area contributed by atoms with Gasteiger partial charge < -0.3 is 9.26 Å². The molecule has 2 rings (SSSR count). The van der Waals surface area contributed by atoms with Gasteiger partial charge in [0.25, 0.3) is 0 Å².